The Morgan fingerprint density at radius 2 is 1.35 bits per heavy atom. The fourth-order valence-corrected chi connectivity index (χ4v) is 5.21. The number of thiophene rings is 1. The molecular formula is C31H42N6O2S. The van der Waals surface area contributed by atoms with Crippen molar-refractivity contribution in [1.29, 1.82) is 0 Å². The van der Waals surface area contributed by atoms with Crippen molar-refractivity contribution in [3.63, 3.8) is 0 Å². The molecule has 5 N–H and O–H groups in total. The van der Waals surface area contributed by atoms with Crippen molar-refractivity contribution >= 4 is 17.4 Å². The molecule has 8 nitrogen and oxygen atoms in total. The third-order valence-corrected chi connectivity index (χ3v) is 7.74. The summed E-state index contributed by atoms with van der Waals surface area (Å²) in [6, 6.07) is 12.1. The fraction of sp³-hybridized carbons (Fsp3) is 0.452. The second kappa shape index (κ2) is 10.9. The first-order valence-electron chi connectivity index (χ1n) is 13.6. The van der Waals surface area contributed by atoms with E-state index >= 15 is 0 Å². The Bertz CT molecular complexity index is 1440. The van der Waals surface area contributed by atoms with Crippen LogP contribution in [-0.4, -0.2) is 31.6 Å². The van der Waals surface area contributed by atoms with Gasteiger partial charge in [0.15, 0.2) is 0 Å². The molecule has 2 atom stereocenters. The number of rotatable bonds is 6. The van der Waals surface area contributed by atoms with E-state index < -0.39 is 11.7 Å². The van der Waals surface area contributed by atoms with Crippen LogP contribution in [-0.2, 0) is 4.74 Å². The van der Waals surface area contributed by atoms with Gasteiger partial charge in [-0.2, -0.15) is 0 Å². The molecule has 3 aromatic heterocycles. The number of aromatic nitrogens is 4. The number of aromatic amines is 2. The molecule has 40 heavy (non-hydrogen) atoms. The van der Waals surface area contributed by atoms with Crippen molar-refractivity contribution in [2.45, 2.75) is 80.0 Å². The molecular weight excluding hydrogens is 520 g/mol. The van der Waals surface area contributed by atoms with Crippen LogP contribution >= 0.6 is 11.3 Å². The number of imidazole rings is 2. The number of ether oxygens (including phenoxy) is 1. The lowest BCUT2D eigenvalue weighted by Crippen LogP contribution is -2.40. The van der Waals surface area contributed by atoms with Crippen molar-refractivity contribution in [3.05, 3.63) is 60.4 Å². The highest BCUT2D eigenvalue weighted by atomic mass is 32.1. The second-order valence-corrected chi connectivity index (χ2v) is 14.5. The predicted molar refractivity (Wildman–Crippen MR) is 163 cm³/mol. The van der Waals surface area contributed by atoms with E-state index in [0.717, 1.165) is 38.1 Å². The highest BCUT2D eigenvalue weighted by Gasteiger charge is 2.32. The van der Waals surface area contributed by atoms with Gasteiger partial charge in [0.2, 0.25) is 0 Å². The molecule has 0 spiro atoms. The summed E-state index contributed by atoms with van der Waals surface area (Å²) in [4.78, 5) is 30.7. The van der Waals surface area contributed by atoms with Crippen LogP contribution in [0.25, 0.3) is 32.3 Å². The van der Waals surface area contributed by atoms with E-state index in [2.05, 4.69) is 103 Å². The number of carbonyl (C=O) groups is 1. The number of nitrogens with zero attached hydrogens (tertiary/aromatic N) is 2. The van der Waals surface area contributed by atoms with E-state index in [4.69, 9.17) is 10.5 Å². The highest BCUT2D eigenvalue weighted by Crippen LogP contribution is 2.37. The summed E-state index contributed by atoms with van der Waals surface area (Å²) in [5, 5.41) is 2.99. The molecule has 0 saturated heterocycles. The number of hydrogen-bond donors (Lipinski definition) is 4. The number of alkyl carbamates (subject to hydrolysis) is 1. The Labute approximate surface area is 241 Å². The maximum absolute atomic E-state index is 12.5. The molecule has 1 aromatic carbocycles. The average Bonchev–Trinajstić information content (AvgIpc) is 3.60. The van der Waals surface area contributed by atoms with Crippen LogP contribution in [0, 0.1) is 10.8 Å². The molecule has 0 aliphatic carbocycles. The van der Waals surface area contributed by atoms with Gasteiger partial charge in [-0.25, -0.2) is 14.8 Å². The molecule has 0 aliphatic rings. The number of carbonyl (C=O) groups excluding carboxylic acids is 1. The topological polar surface area (TPSA) is 122 Å². The van der Waals surface area contributed by atoms with Gasteiger partial charge in [0.1, 0.15) is 17.2 Å². The van der Waals surface area contributed by atoms with Gasteiger partial charge in [0.25, 0.3) is 0 Å². The predicted octanol–water partition coefficient (Wildman–Crippen LogP) is 7.85. The van der Waals surface area contributed by atoms with Gasteiger partial charge in [-0.1, -0.05) is 65.8 Å². The molecule has 9 heteroatoms. The second-order valence-electron chi connectivity index (χ2n) is 13.4. The number of amides is 1. The number of benzene rings is 1. The van der Waals surface area contributed by atoms with E-state index in [-0.39, 0.29) is 22.9 Å². The lowest BCUT2D eigenvalue weighted by Gasteiger charge is -2.31. The third-order valence-electron chi connectivity index (χ3n) is 6.57. The Kier molecular flexibility index (Phi) is 8.02. The summed E-state index contributed by atoms with van der Waals surface area (Å²) in [5.41, 5.74) is 9.49. The van der Waals surface area contributed by atoms with Crippen molar-refractivity contribution in [3.8, 4) is 32.3 Å². The van der Waals surface area contributed by atoms with E-state index in [9.17, 15) is 4.79 Å². The molecule has 3 heterocycles. The Morgan fingerprint density at radius 1 is 0.800 bits per heavy atom. The number of nitrogens with two attached hydrogens (primary N) is 1. The summed E-state index contributed by atoms with van der Waals surface area (Å²) >= 11 is 1.69. The average molecular weight is 563 g/mol. The highest BCUT2D eigenvalue weighted by molar-refractivity contribution is 7.18. The molecule has 0 bridgehead atoms. The van der Waals surface area contributed by atoms with Crippen LogP contribution in [0.5, 0.6) is 0 Å². The minimum atomic E-state index is -0.576. The first kappa shape index (κ1) is 29.6. The Morgan fingerprint density at radius 3 is 1.95 bits per heavy atom. The number of H-pyrrole nitrogens is 2. The van der Waals surface area contributed by atoms with Crippen LogP contribution in [0.2, 0.25) is 0 Å². The fourth-order valence-electron chi connectivity index (χ4n) is 4.23. The molecule has 0 radical (unpaired) electrons. The minimum absolute atomic E-state index is 0.0759. The van der Waals surface area contributed by atoms with E-state index in [1.54, 1.807) is 11.3 Å². The standard InChI is InChI=1S/C31H42N6O2S/c1-29(2,3)24(32)26-33-16-20(35-26)18-10-12-19(13-11-18)22-14-15-23(40-22)21-17-34-27(36-21)25(30(4,5)6)37-28(38)39-31(7,8)9/h10-17,24-25H,32H2,1-9H3,(H,33,35)(H,34,36)(H,37,38)/t24?,25-/m1/s1. The molecule has 0 aliphatic heterocycles. The first-order chi connectivity index (χ1) is 18.5. The monoisotopic (exact) mass is 562 g/mol. The van der Waals surface area contributed by atoms with Crippen LogP contribution in [0.3, 0.4) is 0 Å². The zero-order chi connectivity index (χ0) is 29.5. The summed E-state index contributed by atoms with van der Waals surface area (Å²) < 4.78 is 5.49. The lowest BCUT2D eigenvalue weighted by molar-refractivity contribution is 0.0458. The van der Waals surface area contributed by atoms with Gasteiger partial charge in [-0.15, -0.1) is 11.3 Å². The maximum Gasteiger partial charge on any atom is 0.408 e. The molecule has 0 fully saturated rings. The van der Waals surface area contributed by atoms with E-state index in [0.29, 0.717) is 5.82 Å². The Hall–Kier alpha value is -3.43. The SMILES string of the molecule is CC(C)(C)OC(=O)N[C@H](c1ncc(-c2ccc(-c3ccc(-c4cnc(C(N)C(C)(C)C)[nH]4)cc3)s2)[nH]1)C(C)(C)C. The molecule has 4 rings (SSSR count). The van der Waals surface area contributed by atoms with E-state index in [1.165, 1.54) is 0 Å². The van der Waals surface area contributed by atoms with Gasteiger partial charge >= 0.3 is 6.09 Å². The largest absolute Gasteiger partial charge is 0.444 e. The van der Waals surface area contributed by atoms with Crippen molar-refractivity contribution in [2.75, 3.05) is 0 Å². The summed E-state index contributed by atoms with van der Waals surface area (Å²) in [7, 11) is 0. The van der Waals surface area contributed by atoms with Gasteiger partial charge < -0.3 is 25.8 Å². The summed E-state index contributed by atoms with van der Waals surface area (Å²) in [6.07, 6.45) is 3.20. The molecule has 1 amide bonds. The van der Waals surface area contributed by atoms with Gasteiger partial charge in [0, 0.05) is 4.88 Å². The third kappa shape index (κ3) is 7.01. The number of hydrogen-bond acceptors (Lipinski definition) is 6. The van der Waals surface area contributed by atoms with Crippen LogP contribution < -0.4 is 11.1 Å². The number of nitrogens with one attached hydrogen (secondary N) is 3. The minimum Gasteiger partial charge on any atom is -0.444 e. The van der Waals surface area contributed by atoms with Gasteiger partial charge in [-0.05, 0) is 54.9 Å². The molecule has 0 saturated carbocycles. The maximum atomic E-state index is 12.5. The Balaban J connectivity index is 1.50. The lowest BCUT2D eigenvalue weighted by atomic mass is 9.86. The van der Waals surface area contributed by atoms with Gasteiger partial charge in [-0.3, -0.25) is 0 Å². The summed E-state index contributed by atoms with van der Waals surface area (Å²) in [5.74, 6) is 1.49. The van der Waals surface area contributed by atoms with Crippen LogP contribution in [0.1, 0.15) is 86.0 Å². The smallest absolute Gasteiger partial charge is 0.408 e. The normalized spacial score (nSPS) is 14.2. The zero-order valence-electron chi connectivity index (χ0n) is 25.0. The molecule has 4 aromatic rings. The van der Waals surface area contributed by atoms with Gasteiger partial charge in [0.05, 0.1) is 40.7 Å². The first-order valence-corrected chi connectivity index (χ1v) is 14.4. The quantitative estimate of drug-likeness (QED) is 0.191. The van der Waals surface area contributed by atoms with Crippen molar-refractivity contribution in [1.82, 2.24) is 25.3 Å². The van der Waals surface area contributed by atoms with Crippen LogP contribution in [0.4, 0.5) is 4.79 Å². The molecule has 214 valence electrons. The van der Waals surface area contributed by atoms with E-state index in [1.807, 2.05) is 33.2 Å². The molecule has 1 unspecified atom stereocenters. The van der Waals surface area contributed by atoms with Crippen LogP contribution in [0.15, 0.2) is 48.8 Å². The van der Waals surface area contributed by atoms with Crippen molar-refractivity contribution < 1.29 is 9.53 Å². The van der Waals surface area contributed by atoms with Crippen molar-refractivity contribution in [2.24, 2.45) is 16.6 Å². The zero-order valence-corrected chi connectivity index (χ0v) is 25.8. The summed E-state index contributed by atoms with van der Waals surface area (Å²) in [6.45, 7) is 18.1.